The van der Waals surface area contributed by atoms with Crippen molar-refractivity contribution < 1.29 is 0 Å². The number of nitrogen functional groups attached to an aromatic ring is 1. The Balaban J connectivity index is 1.88. The van der Waals surface area contributed by atoms with E-state index in [0.717, 1.165) is 25.3 Å². The Morgan fingerprint density at radius 2 is 2.31 bits per heavy atom. The van der Waals surface area contributed by atoms with Crippen LogP contribution in [0.15, 0.2) is 23.8 Å². The average Bonchev–Trinajstić information content (AvgIpc) is 2.75. The van der Waals surface area contributed by atoms with Crippen molar-refractivity contribution in [1.29, 1.82) is 0 Å². The number of hydrogen-bond acceptors (Lipinski definition) is 5. The Morgan fingerprint density at radius 1 is 1.38 bits per heavy atom. The highest BCUT2D eigenvalue weighted by atomic mass is 32.1. The van der Waals surface area contributed by atoms with Gasteiger partial charge in [-0.3, -0.25) is 4.98 Å². The van der Waals surface area contributed by atoms with Gasteiger partial charge in [-0.05, 0) is 23.4 Å². The fourth-order valence-corrected chi connectivity index (χ4v) is 2.86. The third-order valence-corrected chi connectivity index (χ3v) is 3.80. The quantitative estimate of drug-likeness (QED) is 0.812. The first-order chi connectivity index (χ1) is 7.83. The molecule has 0 spiro atoms. The minimum atomic E-state index is 0.480. The lowest BCUT2D eigenvalue weighted by atomic mass is 10.1. The van der Waals surface area contributed by atoms with Gasteiger partial charge in [-0.2, -0.15) is 0 Å². The highest BCUT2D eigenvalue weighted by Crippen LogP contribution is 2.26. The Bertz CT molecular complexity index is 508. The molecule has 1 aliphatic heterocycles. The van der Waals surface area contributed by atoms with Gasteiger partial charge in [0.1, 0.15) is 11.6 Å². The molecule has 0 bridgehead atoms. The van der Waals surface area contributed by atoms with Crippen LogP contribution in [-0.2, 0) is 13.0 Å². The summed E-state index contributed by atoms with van der Waals surface area (Å²) in [6.45, 7) is 1.91. The third kappa shape index (κ3) is 1.63. The number of nitrogens with zero attached hydrogens (tertiary/aromatic N) is 3. The molecule has 0 unspecified atom stereocenters. The molecular formula is C11H12N4S. The van der Waals surface area contributed by atoms with E-state index in [1.54, 1.807) is 12.4 Å². The summed E-state index contributed by atoms with van der Waals surface area (Å²) in [5, 5.41) is 2.15. The Kier molecular flexibility index (Phi) is 2.25. The van der Waals surface area contributed by atoms with Crippen molar-refractivity contribution in [3.63, 3.8) is 0 Å². The normalized spacial score (nSPS) is 14.9. The number of aromatic nitrogens is 2. The second-order valence-electron chi connectivity index (χ2n) is 3.84. The summed E-state index contributed by atoms with van der Waals surface area (Å²) in [6, 6.07) is 2.19. The molecule has 0 saturated carbocycles. The van der Waals surface area contributed by atoms with E-state index in [1.165, 1.54) is 10.4 Å². The van der Waals surface area contributed by atoms with Crippen LogP contribution in [0.1, 0.15) is 10.4 Å². The SMILES string of the molecule is Nc1cncc(N2CCc3sccc3C2)n1. The van der Waals surface area contributed by atoms with E-state index in [9.17, 15) is 0 Å². The molecule has 82 valence electrons. The molecule has 4 nitrogen and oxygen atoms in total. The summed E-state index contributed by atoms with van der Waals surface area (Å²) >= 11 is 1.84. The second kappa shape index (κ2) is 3.75. The van der Waals surface area contributed by atoms with Crippen molar-refractivity contribution >= 4 is 23.0 Å². The van der Waals surface area contributed by atoms with Crippen LogP contribution in [0.4, 0.5) is 11.6 Å². The van der Waals surface area contributed by atoms with Gasteiger partial charge in [-0.25, -0.2) is 4.98 Å². The predicted molar refractivity (Wildman–Crippen MR) is 65.5 cm³/mol. The lowest BCUT2D eigenvalue weighted by Gasteiger charge is -2.27. The predicted octanol–water partition coefficient (Wildman–Crippen LogP) is 1.68. The van der Waals surface area contributed by atoms with Gasteiger partial charge in [0.25, 0.3) is 0 Å². The molecule has 2 aromatic rings. The summed E-state index contributed by atoms with van der Waals surface area (Å²) in [5.41, 5.74) is 7.04. The molecule has 1 aliphatic rings. The van der Waals surface area contributed by atoms with Crippen molar-refractivity contribution in [2.24, 2.45) is 0 Å². The molecule has 0 atom stereocenters. The minimum absolute atomic E-state index is 0.480. The smallest absolute Gasteiger partial charge is 0.149 e. The van der Waals surface area contributed by atoms with Crippen LogP contribution in [0.25, 0.3) is 0 Å². The lowest BCUT2D eigenvalue weighted by Crippen LogP contribution is -2.30. The molecule has 0 aliphatic carbocycles. The Morgan fingerprint density at radius 3 is 3.19 bits per heavy atom. The van der Waals surface area contributed by atoms with Crippen LogP contribution < -0.4 is 10.6 Å². The second-order valence-corrected chi connectivity index (χ2v) is 4.84. The van der Waals surface area contributed by atoms with Crippen molar-refractivity contribution in [2.45, 2.75) is 13.0 Å². The number of nitrogens with two attached hydrogens (primary N) is 1. The fourth-order valence-electron chi connectivity index (χ4n) is 1.97. The topological polar surface area (TPSA) is 55.0 Å². The molecule has 0 aromatic carbocycles. The minimum Gasteiger partial charge on any atom is -0.382 e. The standard InChI is InChI=1S/C11H12N4S/c12-10-5-13-6-11(14-10)15-3-1-9-8(7-15)2-4-16-9/h2,4-6H,1,3,7H2,(H2,12,14). The van der Waals surface area contributed by atoms with Crippen LogP contribution in [0, 0.1) is 0 Å². The zero-order valence-electron chi connectivity index (χ0n) is 8.76. The van der Waals surface area contributed by atoms with Crippen LogP contribution in [0.5, 0.6) is 0 Å². The van der Waals surface area contributed by atoms with E-state index >= 15 is 0 Å². The monoisotopic (exact) mass is 232 g/mol. The highest BCUT2D eigenvalue weighted by Gasteiger charge is 2.18. The van der Waals surface area contributed by atoms with E-state index in [2.05, 4.69) is 26.3 Å². The van der Waals surface area contributed by atoms with E-state index < -0.39 is 0 Å². The van der Waals surface area contributed by atoms with Gasteiger partial charge in [0, 0.05) is 18.0 Å². The molecule has 16 heavy (non-hydrogen) atoms. The zero-order chi connectivity index (χ0) is 11.0. The van der Waals surface area contributed by atoms with Gasteiger partial charge in [-0.15, -0.1) is 11.3 Å². The zero-order valence-corrected chi connectivity index (χ0v) is 9.57. The average molecular weight is 232 g/mol. The molecule has 3 heterocycles. The maximum Gasteiger partial charge on any atom is 0.149 e. The van der Waals surface area contributed by atoms with Crippen molar-refractivity contribution in [1.82, 2.24) is 9.97 Å². The number of fused-ring (bicyclic) bond motifs is 1. The number of hydrogen-bond donors (Lipinski definition) is 1. The maximum absolute atomic E-state index is 5.64. The molecule has 0 amide bonds. The summed E-state index contributed by atoms with van der Waals surface area (Å²) in [7, 11) is 0. The largest absolute Gasteiger partial charge is 0.382 e. The molecule has 2 N–H and O–H groups in total. The van der Waals surface area contributed by atoms with E-state index in [0.29, 0.717) is 5.82 Å². The van der Waals surface area contributed by atoms with Crippen molar-refractivity contribution in [3.8, 4) is 0 Å². The third-order valence-electron chi connectivity index (χ3n) is 2.77. The van der Waals surface area contributed by atoms with Crippen LogP contribution in [-0.4, -0.2) is 16.5 Å². The molecule has 0 fully saturated rings. The summed E-state index contributed by atoms with van der Waals surface area (Å²) in [4.78, 5) is 12.1. The first-order valence-corrected chi connectivity index (χ1v) is 6.08. The molecule has 0 radical (unpaired) electrons. The number of anilines is 2. The first-order valence-electron chi connectivity index (χ1n) is 5.20. The van der Waals surface area contributed by atoms with Gasteiger partial charge in [0.2, 0.25) is 0 Å². The number of thiophene rings is 1. The van der Waals surface area contributed by atoms with E-state index in [1.807, 2.05) is 11.3 Å². The summed E-state index contributed by atoms with van der Waals surface area (Å²) < 4.78 is 0. The Labute approximate surface area is 97.8 Å². The molecule has 0 saturated heterocycles. The van der Waals surface area contributed by atoms with Gasteiger partial charge >= 0.3 is 0 Å². The maximum atomic E-state index is 5.64. The molecule has 5 heteroatoms. The van der Waals surface area contributed by atoms with Crippen molar-refractivity contribution in [2.75, 3.05) is 17.2 Å². The van der Waals surface area contributed by atoms with Crippen LogP contribution in [0.2, 0.25) is 0 Å². The van der Waals surface area contributed by atoms with Gasteiger partial charge in [0.05, 0.1) is 12.4 Å². The van der Waals surface area contributed by atoms with Crippen molar-refractivity contribution in [3.05, 3.63) is 34.3 Å². The Hall–Kier alpha value is -1.62. The van der Waals surface area contributed by atoms with Crippen LogP contribution >= 0.6 is 11.3 Å². The van der Waals surface area contributed by atoms with Crippen LogP contribution in [0.3, 0.4) is 0 Å². The fraction of sp³-hybridized carbons (Fsp3) is 0.273. The highest BCUT2D eigenvalue weighted by molar-refractivity contribution is 7.10. The summed E-state index contributed by atoms with van der Waals surface area (Å²) in [6.07, 6.45) is 4.43. The molecule has 2 aromatic heterocycles. The van der Waals surface area contributed by atoms with E-state index in [4.69, 9.17) is 5.73 Å². The molecular weight excluding hydrogens is 220 g/mol. The van der Waals surface area contributed by atoms with E-state index in [-0.39, 0.29) is 0 Å². The van der Waals surface area contributed by atoms with Gasteiger partial charge < -0.3 is 10.6 Å². The van der Waals surface area contributed by atoms with Gasteiger partial charge in [-0.1, -0.05) is 0 Å². The lowest BCUT2D eigenvalue weighted by molar-refractivity contribution is 0.730. The van der Waals surface area contributed by atoms with Gasteiger partial charge in [0.15, 0.2) is 0 Å². The molecule has 3 rings (SSSR count). The number of rotatable bonds is 1. The first kappa shape index (κ1) is 9.59. The summed E-state index contributed by atoms with van der Waals surface area (Å²) in [5.74, 6) is 1.35.